The molecule has 1 amide bonds. The van der Waals surface area contributed by atoms with Crippen molar-refractivity contribution in [2.24, 2.45) is 0 Å². The first-order chi connectivity index (χ1) is 13.6. The number of benzene rings is 1. The van der Waals surface area contributed by atoms with E-state index in [4.69, 9.17) is 9.47 Å². The summed E-state index contributed by atoms with van der Waals surface area (Å²) in [7, 11) is 1.58. The Bertz CT molecular complexity index is 801. The lowest BCUT2D eigenvalue weighted by Gasteiger charge is -2.17. The summed E-state index contributed by atoms with van der Waals surface area (Å²) in [5, 5.41) is 2.74. The van der Waals surface area contributed by atoms with Crippen LogP contribution in [0.25, 0.3) is 11.3 Å². The van der Waals surface area contributed by atoms with Gasteiger partial charge in [-0.1, -0.05) is 13.8 Å². The minimum atomic E-state index is -0.575. The van der Waals surface area contributed by atoms with Gasteiger partial charge >= 0.3 is 5.69 Å². The Labute approximate surface area is 164 Å². The van der Waals surface area contributed by atoms with Crippen LogP contribution in [0.4, 0.5) is 0 Å². The lowest BCUT2D eigenvalue weighted by molar-refractivity contribution is 0.0880. The lowest BCUT2D eigenvalue weighted by atomic mass is 10.1. The number of carbonyl (C=O) groups is 1. The molecule has 2 aromatic rings. The number of carbonyl (C=O) groups excluding carboxylic acids is 1. The first kappa shape index (κ1) is 21.6. The molecule has 0 atom stereocenters. The van der Waals surface area contributed by atoms with Crippen LogP contribution in [0.3, 0.4) is 0 Å². The fourth-order valence-corrected chi connectivity index (χ4v) is 2.66. The molecule has 8 heteroatoms. The van der Waals surface area contributed by atoms with Crippen molar-refractivity contribution in [1.29, 1.82) is 0 Å². The van der Waals surface area contributed by atoms with Gasteiger partial charge < -0.3 is 24.7 Å². The normalized spacial score (nSPS) is 10.9. The second-order valence-corrected chi connectivity index (χ2v) is 6.11. The smallest absolute Gasteiger partial charge is 0.346 e. The molecule has 1 heterocycles. The van der Waals surface area contributed by atoms with Crippen molar-refractivity contribution >= 4 is 5.91 Å². The Morgan fingerprint density at radius 3 is 2.54 bits per heavy atom. The van der Waals surface area contributed by atoms with Crippen LogP contribution < -0.4 is 15.7 Å². The van der Waals surface area contributed by atoms with Crippen molar-refractivity contribution < 1.29 is 14.3 Å². The van der Waals surface area contributed by atoms with Crippen LogP contribution in [0.1, 0.15) is 24.3 Å². The second kappa shape index (κ2) is 11.2. The van der Waals surface area contributed by atoms with Gasteiger partial charge in [0.25, 0.3) is 5.91 Å². The summed E-state index contributed by atoms with van der Waals surface area (Å²) in [6, 6.07) is 8.67. The Kier molecular flexibility index (Phi) is 8.64. The number of likely N-dealkylation sites (N-methyl/N-ethyl adjacent to an activating group) is 1. The third-order valence-corrected chi connectivity index (χ3v) is 4.35. The number of rotatable bonds is 11. The molecule has 2 N–H and O–H groups in total. The van der Waals surface area contributed by atoms with Gasteiger partial charge in [-0.2, -0.15) is 4.98 Å². The molecule has 0 spiro atoms. The van der Waals surface area contributed by atoms with Gasteiger partial charge in [0.05, 0.1) is 26.0 Å². The summed E-state index contributed by atoms with van der Waals surface area (Å²) in [4.78, 5) is 32.8. The number of aromatic amines is 1. The molecule has 0 aliphatic carbocycles. The third kappa shape index (κ3) is 6.47. The van der Waals surface area contributed by atoms with E-state index in [-0.39, 0.29) is 11.6 Å². The predicted octanol–water partition coefficient (Wildman–Crippen LogP) is 1.53. The topological polar surface area (TPSA) is 96.5 Å². The molecule has 0 aliphatic rings. The fourth-order valence-electron chi connectivity index (χ4n) is 2.66. The van der Waals surface area contributed by atoms with Crippen molar-refractivity contribution in [2.45, 2.75) is 13.8 Å². The molecule has 1 aromatic carbocycles. The lowest BCUT2D eigenvalue weighted by Crippen LogP contribution is -2.31. The van der Waals surface area contributed by atoms with Gasteiger partial charge in [-0.3, -0.25) is 4.79 Å². The molecule has 8 nitrogen and oxygen atoms in total. The monoisotopic (exact) mass is 388 g/mol. The number of aromatic nitrogens is 2. The number of nitrogens with zero attached hydrogens (tertiary/aromatic N) is 2. The number of amides is 1. The van der Waals surface area contributed by atoms with E-state index in [1.807, 2.05) is 0 Å². The number of methoxy groups -OCH3 is 1. The van der Waals surface area contributed by atoms with E-state index in [2.05, 4.69) is 34.0 Å². The van der Waals surface area contributed by atoms with Crippen molar-refractivity contribution in [3.8, 4) is 17.0 Å². The molecule has 28 heavy (non-hydrogen) atoms. The molecule has 152 valence electrons. The molecule has 1 aromatic heterocycles. The number of hydrogen-bond acceptors (Lipinski definition) is 6. The zero-order chi connectivity index (χ0) is 20.4. The zero-order valence-corrected chi connectivity index (χ0v) is 16.7. The fraction of sp³-hybridized carbons (Fsp3) is 0.450. The van der Waals surface area contributed by atoms with Crippen LogP contribution in [-0.4, -0.2) is 67.3 Å². The van der Waals surface area contributed by atoms with Gasteiger partial charge in [-0.25, -0.2) is 4.79 Å². The zero-order valence-electron chi connectivity index (χ0n) is 16.7. The molecule has 0 radical (unpaired) electrons. The summed E-state index contributed by atoms with van der Waals surface area (Å²) >= 11 is 0. The van der Waals surface area contributed by atoms with E-state index < -0.39 is 5.69 Å². The number of nitrogens with one attached hydrogen (secondary N) is 2. The number of H-pyrrole nitrogens is 1. The van der Waals surface area contributed by atoms with Crippen LogP contribution in [0.5, 0.6) is 5.75 Å². The Balaban J connectivity index is 1.89. The van der Waals surface area contributed by atoms with Crippen LogP contribution in [0.2, 0.25) is 0 Å². The molecule has 0 saturated carbocycles. The summed E-state index contributed by atoms with van der Waals surface area (Å²) in [5.41, 5.74) is 0.732. The Morgan fingerprint density at radius 2 is 1.89 bits per heavy atom. The van der Waals surface area contributed by atoms with Crippen LogP contribution >= 0.6 is 0 Å². The highest BCUT2D eigenvalue weighted by atomic mass is 16.5. The van der Waals surface area contributed by atoms with Gasteiger partial charge in [-0.15, -0.1) is 0 Å². The molecular weight excluding hydrogens is 360 g/mol. The van der Waals surface area contributed by atoms with E-state index in [0.29, 0.717) is 31.2 Å². The summed E-state index contributed by atoms with van der Waals surface area (Å²) in [5.74, 6) is 0.328. The van der Waals surface area contributed by atoms with Gasteiger partial charge in [0.2, 0.25) is 0 Å². The second-order valence-electron chi connectivity index (χ2n) is 6.11. The molecule has 2 rings (SSSR count). The number of ether oxygens (including phenoxy) is 2. The molecule has 0 bridgehead atoms. The first-order valence-electron chi connectivity index (χ1n) is 9.41. The van der Waals surface area contributed by atoms with Crippen LogP contribution in [-0.2, 0) is 4.74 Å². The molecule has 0 aliphatic heterocycles. The quantitative estimate of drug-likeness (QED) is 0.567. The predicted molar refractivity (Wildman–Crippen MR) is 108 cm³/mol. The van der Waals surface area contributed by atoms with Gasteiger partial charge in [0.1, 0.15) is 11.4 Å². The SMILES string of the molecule is CCN(CC)CCOCCNC(=O)c1cc(-c2ccc(OC)cc2)nc(=O)[nH]1. The van der Waals surface area contributed by atoms with Gasteiger partial charge in [-0.05, 0) is 43.4 Å². The van der Waals surface area contributed by atoms with E-state index in [1.54, 1.807) is 37.4 Å². The highest BCUT2D eigenvalue weighted by Gasteiger charge is 2.10. The van der Waals surface area contributed by atoms with E-state index >= 15 is 0 Å². The van der Waals surface area contributed by atoms with Crippen molar-refractivity contribution in [2.75, 3.05) is 46.5 Å². The summed E-state index contributed by atoms with van der Waals surface area (Å²) in [6.45, 7) is 8.45. The maximum atomic E-state index is 12.3. The summed E-state index contributed by atoms with van der Waals surface area (Å²) in [6.07, 6.45) is 0. The van der Waals surface area contributed by atoms with Crippen molar-refractivity contribution in [1.82, 2.24) is 20.2 Å². The maximum Gasteiger partial charge on any atom is 0.346 e. The summed E-state index contributed by atoms with van der Waals surface area (Å²) < 4.78 is 10.7. The van der Waals surface area contributed by atoms with E-state index in [1.165, 1.54) is 0 Å². The van der Waals surface area contributed by atoms with E-state index in [0.717, 1.165) is 25.2 Å². The largest absolute Gasteiger partial charge is 0.497 e. The Hall–Kier alpha value is -2.71. The van der Waals surface area contributed by atoms with E-state index in [9.17, 15) is 9.59 Å². The van der Waals surface area contributed by atoms with Gasteiger partial charge in [0, 0.05) is 18.7 Å². The van der Waals surface area contributed by atoms with Crippen molar-refractivity contribution in [3.63, 3.8) is 0 Å². The van der Waals surface area contributed by atoms with Crippen LogP contribution in [0, 0.1) is 0 Å². The Morgan fingerprint density at radius 1 is 1.18 bits per heavy atom. The molecule has 0 fully saturated rings. The molecular formula is C20H28N4O4. The van der Waals surface area contributed by atoms with Crippen molar-refractivity contribution in [3.05, 3.63) is 46.5 Å². The molecule has 0 saturated heterocycles. The maximum absolute atomic E-state index is 12.3. The minimum Gasteiger partial charge on any atom is -0.497 e. The standard InChI is InChI=1S/C20H28N4O4/c1-4-24(5-2)11-13-28-12-10-21-19(25)18-14-17(22-20(26)23-18)15-6-8-16(27-3)9-7-15/h6-9,14H,4-5,10-13H2,1-3H3,(H,21,25)(H,22,23,26). The average Bonchev–Trinajstić information content (AvgIpc) is 2.72. The molecule has 0 unspecified atom stereocenters. The third-order valence-electron chi connectivity index (χ3n) is 4.35. The number of hydrogen-bond donors (Lipinski definition) is 2. The highest BCUT2D eigenvalue weighted by molar-refractivity contribution is 5.93. The highest BCUT2D eigenvalue weighted by Crippen LogP contribution is 2.20. The minimum absolute atomic E-state index is 0.161. The van der Waals surface area contributed by atoms with Gasteiger partial charge in [0.15, 0.2) is 0 Å². The van der Waals surface area contributed by atoms with Crippen LogP contribution in [0.15, 0.2) is 35.1 Å². The first-order valence-corrected chi connectivity index (χ1v) is 9.41. The average molecular weight is 388 g/mol.